The molecule has 0 aliphatic heterocycles. The minimum atomic E-state index is -1.85. The van der Waals surface area contributed by atoms with Crippen molar-refractivity contribution in [2.24, 2.45) is 0 Å². The van der Waals surface area contributed by atoms with Crippen LogP contribution in [0.1, 0.15) is 5.56 Å². The van der Waals surface area contributed by atoms with Crippen LogP contribution >= 0.6 is 11.6 Å². The summed E-state index contributed by atoms with van der Waals surface area (Å²) in [6, 6.07) is 11.3. The first-order chi connectivity index (χ1) is 9.08. The summed E-state index contributed by atoms with van der Waals surface area (Å²) >= 11 is 5.86. The Hall–Kier alpha value is -1.56. The van der Waals surface area contributed by atoms with Crippen LogP contribution in [-0.2, 0) is 6.61 Å². The molecule has 98 valence electrons. The van der Waals surface area contributed by atoms with E-state index >= 15 is 0 Å². The molecule has 0 saturated heterocycles. The summed E-state index contributed by atoms with van der Waals surface area (Å²) < 4.78 is 18.6. The van der Waals surface area contributed by atoms with Crippen LogP contribution in [0.5, 0.6) is 5.75 Å². The largest absolute Gasteiger partial charge is 0.492 e. The molecule has 2 rings (SSSR count). The molecule has 19 heavy (non-hydrogen) atoms. The van der Waals surface area contributed by atoms with Crippen molar-refractivity contribution < 1.29 is 19.2 Å². The van der Waals surface area contributed by atoms with Gasteiger partial charge in [-0.05, 0) is 17.7 Å². The molecule has 6 heteroatoms. The van der Waals surface area contributed by atoms with Crippen molar-refractivity contribution in [3.63, 3.8) is 0 Å². The summed E-state index contributed by atoms with van der Waals surface area (Å²) in [6.45, 7) is 0.200. The number of ether oxygens (including phenoxy) is 1. The Labute approximate surface area is 115 Å². The van der Waals surface area contributed by atoms with Gasteiger partial charge in [0.2, 0.25) is 0 Å². The molecule has 0 spiro atoms. The average molecular weight is 280 g/mol. The number of hydrogen-bond donors (Lipinski definition) is 2. The van der Waals surface area contributed by atoms with Crippen molar-refractivity contribution in [3.8, 4) is 5.75 Å². The highest BCUT2D eigenvalue weighted by atomic mass is 35.5. The predicted molar refractivity (Wildman–Crippen MR) is 72.0 cm³/mol. The Bertz CT molecular complexity index is 563. The molecule has 0 amide bonds. The Kier molecular flexibility index (Phi) is 4.42. The Morgan fingerprint density at radius 2 is 1.84 bits per heavy atom. The van der Waals surface area contributed by atoms with Gasteiger partial charge in [-0.2, -0.15) is 0 Å². The van der Waals surface area contributed by atoms with Gasteiger partial charge in [0.1, 0.15) is 18.2 Å². The Morgan fingerprint density at radius 3 is 2.47 bits per heavy atom. The van der Waals surface area contributed by atoms with Gasteiger partial charge in [-0.15, -0.1) is 0 Å². The van der Waals surface area contributed by atoms with Crippen LogP contribution in [0.2, 0.25) is 5.02 Å². The lowest BCUT2D eigenvalue weighted by Crippen LogP contribution is -2.32. The molecule has 0 bridgehead atoms. The summed E-state index contributed by atoms with van der Waals surface area (Å²) in [5, 5.41) is 18.4. The van der Waals surface area contributed by atoms with Crippen molar-refractivity contribution in [2.75, 3.05) is 0 Å². The molecule has 0 heterocycles. The third-order valence-corrected chi connectivity index (χ3v) is 2.82. The van der Waals surface area contributed by atoms with Gasteiger partial charge in [0, 0.05) is 5.46 Å². The van der Waals surface area contributed by atoms with E-state index < -0.39 is 12.9 Å². The molecular formula is C13H11BClFO3. The van der Waals surface area contributed by atoms with E-state index in [1.54, 1.807) is 0 Å². The van der Waals surface area contributed by atoms with Gasteiger partial charge in [0.25, 0.3) is 0 Å². The number of rotatable bonds is 4. The fourth-order valence-electron chi connectivity index (χ4n) is 1.65. The highest BCUT2D eigenvalue weighted by molar-refractivity contribution is 6.60. The van der Waals surface area contributed by atoms with Crippen molar-refractivity contribution in [3.05, 3.63) is 58.9 Å². The lowest BCUT2D eigenvalue weighted by atomic mass is 9.79. The summed E-state index contributed by atoms with van der Waals surface area (Å²) in [5.74, 6) is -0.581. The summed E-state index contributed by atoms with van der Waals surface area (Å²) in [6.07, 6.45) is 0. The van der Waals surface area contributed by atoms with Gasteiger partial charge >= 0.3 is 7.12 Å². The second-order valence-corrected chi connectivity index (χ2v) is 4.36. The third kappa shape index (κ3) is 3.47. The smallest absolute Gasteiger partial charge is 0.488 e. The van der Waals surface area contributed by atoms with E-state index in [-0.39, 0.29) is 22.8 Å². The monoisotopic (exact) mass is 280 g/mol. The van der Waals surface area contributed by atoms with Crippen LogP contribution in [0.4, 0.5) is 4.39 Å². The molecule has 0 aliphatic rings. The molecular weight excluding hydrogens is 269 g/mol. The molecule has 0 atom stereocenters. The molecule has 0 unspecified atom stereocenters. The van der Waals surface area contributed by atoms with Crippen LogP contribution in [0.25, 0.3) is 0 Å². The van der Waals surface area contributed by atoms with Crippen LogP contribution in [0, 0.1) is 5.82 Å². The zero-order valence-corrected chi connectivity index (χ0v) is 10.6. The van der Waals surface area contributed by atoms with E-state index in [9.17, 15) is 14.4 Å². The first kappa shape index (κ1) is 13.9. The number of benzene rings is 2. The summed E-state index contributed by atoms with van der Waals surface area (Å²) in [5.41, 5.74) is 0.794. The highest BCUT2D eigenvalue weighted by Crippen LogP contribution is 2.24. The van der Waals surface area contributed by atoms with Crippen molar-refractivity contribution >= 4 is 24.2 Å². The molecule has 3 nitrogen and oxygen atoms in total. The normalized spacial score (nSPS) is 10.3. The Morgan fingerprint density at radius 1 is 1.16 bits per heavy atom. The van der Waals surface area contributed by atoms with Gasteiger partial charge in [0.15, 0.2) is 0 Å². The van der Waals surface area contributed by atoms with E-state index in [2.05, 4.69) is 0 Å². The van der Waals surface area contributed by atoms with E-state index in [1.165, 1.54) is 0 Å². The van der Waals surface area contributed by atoms with Gasteiger partial charge < -0.3 is 14.8 Å². The molecule has 2 N–H and O–H groups in total. The molecule has 0 fully saturated rings. The molecule has 0 radical (unpaired) electrons. The average Bonchev–Trinajstić information content (AvgIpc) is 2.38. The predicted octanol–water partition coefficient (Wildman–Crippen LogP) is 1.74. The van der Waals surface area contributed by atoms with Crippen molar-refractivity contribution in [2.45, 2.75) is 6.61 Å². The maximum Gasteiger partial charge on any atom is 0.492 e. The first-order valence-corrected chi connectivity index (χ1v) is 5.97. The zero-order chi connectivity index (χ0) is 13.8. The van der Waals surface area contributed by atoms with E-state index in [4.69, 9.17) is 16.3 Å². The summed E-state index contributed by atoms with van der Waals surface area (Å²) in [7, 11) is -1.85. The van der Waals surface area contributed by atoms with Crippen molar-refractivity contribution in [1.29, 1.82) is 0 Å². The van der Waals surface area contributed by atoms with Gasteiger partial charge in [-0.25, -0.2) is 4.39 Å². The van der Waals surface area contributed by atoms with E-state index in [0.29, 0.717) is 0 Å². The lowest BCUT2D eigenvalue weighted by Gasteiger charge is -2.13. The third-order valence-electron chi connectivity index (χ3n) is 2.54. The minimum Gasteiger partial charge on any atom is -0.488 e. The fraction of sp³-hybridized carbons (Fsp3) is 0.0769. The quantitative estimate of drug-likeness (QED) is 0.839. The second-order valence-electron chi connectivity index (χ2n) is 3.95. The van der Waals surface area contributed by atoms with Gasteiger partial charge in [0.05, 0.1) is 5.02 Å². The van der Waals surface area contributed by atoms with Crippen LogP contribution in [0.15, 0.2) is 42.5 Å². The zero-order valence-electron chi connectivity index (χ0n) is 9.88. The minimum absolute atomic E-state index is 0.000897. The highest BCUT2D eigenvalue weighted by Gasteiger charge is 2.21. The van der Waals surface area contributed by atoms with E-state index in [0.717, 1.165) is 17.7 Å². The Balaban J connectivity index is 2.24. The van der Waals surface area contributed by atoms with Crippen LogP contribution in [-0.4, -0.2) is 17.2 Å². The molecule has 0 aromatic heterocycles. The topological polar surface area (TPSA) is 49.7 Å². The molecule has 0 saturated carbocycles. The molecule has 2 aromatic carbocycles. The van der Waals surface area contributed by atoms with Gasteiger partial charge in [-0.3, -0.25) is 0 Å². The standard InChI is InChI=1S/C13H11BClFO3/c15-12-7-10(16)6-11(14(17)18)13(12)19-8-9-4-2-1-3-5-9/h1-7,17-18H,8H2. The maximum absolute atomic E-state index is 13.2. The number of hydrogen-bond acceptors (Lipinski definition) is 3. The van der Waals surface area contributed by atoms with Gasteiger partial charge in [-0.1, -0.05) is 41.9 Å². The second kappa shape index (κ2) is 6.06. The van der Waals surface area contributed by atoms with Crippen LogP contribution in [0.3, 0.4) is 0 Å². The molecule has 0 aliphatic carbocycles. The van der Waals surface area contributed by atoms with E-state index in [1.807, 2.05) is 30.3 Å². The molecule has 2 aromatic rings. The number of halogens is 2. The maximum atomic E-state index is 13.2. The summed E-state index contributed by atoms with van der Waals surface area (Å²) in [4.78, 5) is 0. The van der Waals surface area contributed by atoms with Crippen molar-refractivity contribution in [1.82, 2.24) is 0 Å². The fourth-order valence-corrected chi connectivity index (χ4v) is 1.92. The van der Waals surface area contributed by atoms with Crippen LogP contribution < -0.4 is 10.2 Å². The first-order valence-electron chi connectivity index (χ1n) is 5.59. The lowest BCUT2D eigenvalue weighted by molar-refractivity contribution is 0.306. The SMILES string of the molecule is OB(O)c1cc(F)cc(Cl)c1OCc1ccccc1.